The Morgan fingerprint density at radius 3 is 2.32 bits per heavy atom. The van der Waals surface area contributed by atoms with E-state index in [1.54, 1.807) is 0 Å². The first-order valence-electron chi connectivity index (χ1n) is 6.80. The standard InChI is InChI=1S/C16H25NO2/c1-12(15(18)19-16(3,4)5)13(2)17-11-14-9-7-6-8-10-14/h6-10,12-13,17H,11H2,1-5H3/t12-,13+/m0/s1. The van der Waals surface area contributed by atoms with Gasteiger partial charge in [0.2, 0.25) is 0 Å². The highest BCUT2D eigenvalue weighted by molar-refractivity contribution is 5.73. The summed E-state index contributed by atoms with van der Waals surface area (Å²) in [5.74, 6) is -0.316. The van der Waals surface area contributed by atoms with Crippen molar-refractivity contribution in [2.45, 2.75) is 52.8 Å². The second-order valence-corrected chi connectivity index (χ2v) is 5.98. The van der Waals surface area contributed by atoms with E-state index >= 15 is 0 Å². The van der Waals surface area contributed by atoms with E-state index in [0.29, 0.717) is 0 Å². The van der Waals surface area contributed by atoms with Crippen LogP contribution < -0.4 is 5.32 Å². The molecule has 19 heavy (non-hydrogen) atoms. The lowest BCUT2D eigenvalue weighted by atomic mass is 10.0. The summed E-state index contributed by atoms with van der Waals surface area (Å²) in [4.78, 5) is 11.9. The van der Waals surface area contributed by atoms with Crippen molar-refractivity contribution < 1.29 is 9.53 Å². The topological polar surface area (TPSA) is 38.3 Å². The van der Waals surface area contributed by atoms with E-state index in [9.17, 15) is 4.79 Å². The molecular weight excluding hydrogens is 238 g/mol. The Bertz CT molecular complexity index is 395. The van der Waals surface area contributed by atoms with Gasteiger partial charge < -0.3 is 10.1 Å². The van der Waals surface area contributed by atoms with Crippen LogP contribution in [-0.4, -0.2) is 17.6 Å². The van der Waals surface area contributed by atoms with Gasteiger partial charge in [0, 0.05) is 12.6 Å². The largest absolute Gasteiger partial charge is 0.460 e. The molecule has 0 aliphatic carbocycles. The van der Waals surface area contributed by atoms with Crippen molar-refractivity contribution in [2.24, 2.45) is 5.92 Å². The summed E-state index contributed by atoms with van der Waals surface area (Å²) in [5, 5.41) is 3.36. The number of carbonyl (C=O) groups excluding carboxylic acids is 1. The van der Waals surface area contributed by atoms with E-state index in [4.69, 9.17) is 4.74 Å². The van der Waals surface area contributed by atoms with Crippen molar-refractivity contribution >= 4 is 5.97 Å². The van der Waals surface area contributed by atoms with Gasteiger partial charge in [-0.3, -0.25) is 4.79 Å². The Kier molecular flexibility index (Phi) is 5.55. The van der Waals surface area contributed by atoms with E-state index in [2.05, 4.69) is 17.4 Å². The van der Waals surface area contributed by atoms with Crippen LogP contribution in [0.2, 0.25) is 0 Å². The zero-order valence-corrected chi connectivity index (χ0v) is 12.6. The second-order valence-electron chi connectivity index (χ2n) is 5.98. The summed E-state index contributed by atoms with van der Waals surface area (Å²) in [5.41, 5.74) is 0.788. The maximum absolute atomic E-state index is 11.9. The molecule has 0 spiro atoms. The minimum absolute atomic E-state index is 0.0788. The molecule has 1 aromatic rings. The summed E-state index contributed by atoms with van der Waals surface area (Å²) < 4.78 is 5.39. The molecule has 0 heterocycles. The van der Waals surface area contributed by atoms with Gasteiger partial charge in [-0.05, 0) is 33.3 Å². The van der Waals surface area contributed by atoms with Gasteiger partial charge in [0.05, 0.1) is 5.92 Å². The number of benzene rings is 1. The second kappa shape index (κ2) is 6.71. The van der Waals surface area contributed by atoms with Gasteiger partial charge in [0.1, 0.15) is 5.60 Å². The number of carbonyl (C=O) groups is 1. The van der Waals surface area contributed by atoms with Crippen LogP contribution in [0.1, 0.15) is 40.2 Å². The fourth-order valence-electron chi connectivity index (χ4n) is 1.65. The average Bonchev–Trinajstić information content (AvgIpc) is 2.34. The van der Waals surface area contributed by atoms with Crippen LogP contribution >= 0.6 is 0 Å². The Morgan fingerprint density at radius 2 is 1.79 bits per heavy atom. The molecule has 0 fully saturated rings. The first-order valence-corrected chi connectivity index (χ1v) is 6.80. The predicted molar refractivity (Wildman–Crippen MR) is 77.8 cm³/mol. The molecule has 0 saturated carbocycles. The van der Waals surface area contributed by atoms with Crippen molar-refractivity contribution in [1.29, 1.82) is 0 Å². The number of hydrogen-bond donors (Lipinski definition) is 1. The van der Waals surface area contributed by atoms with E-state index in [1.165, 1.54) is 5.56 Å². The van der Waals surface area contributed by atoms with Gasteiger partial charge in [-0.25, -0.2) is 0 Å². The van der Waals surface area contributed by atoms with E-state index in [0.717, 1.165) is 6.54 Å². The van der Waals surface area contributed by atoms with E-state index in [-0.39, 0.29) is 17.9 Å². The molecule has 1 rings (SSSR count). The number of rotatable bonds is 5. The lowest BCUT2D eigenvalue weighted by Gasteiger charge is -2.25. The van der Waals surface area contributed by atoms with Crippen LogP contribution in [0.15, 0.2) is 30.3 Å². The molecule has 1 N–H and O–H groups in total. The smallest absolute Gasteiger partial charge is 0.310 e. The Hall–Kier alpha value is -1.35. The van der Waals surface area contributed by atoms with Crippen molar-refractivity contribution in [1.82, 2.24) is 5.32 Å². The van der Waals surface area contributed by atoms with Crippen LogP contribution in [0.5, 0.6) is 0 Å². The third-order valence-corrected chi connectivity index (χ3v) is 3.00. The summed E-state index contributed by atoms with van der Waals surface area (Å²) in [6, 6.07) is 10.2. The van der Waals surface area contributed by atoms with Gasteiger partial charge >= 0.3 is 5.97 Å². The third-order valence-electron chi connectivity index (χ3n) is 3.00. The molecule has 0 radical (unpaired) electrons. The van der Waals surface area contributed by atoms with Crippen molar-refractivity contribution in [3.8, 4) is 0 Å². The SMILES string of the molecule is C[C@H](C(=O)OC(C)(C)C)[C@@H](C)NCc1ccccc1. The van der Waals surface area contributed by atoms with Gasteiger partial charge in [0.15, 0.2) is 0 Å². The zero-order chi connectivity index (χ0) is 14.5. The molecule has 2 atom stereocenters. The molecule has 3 nitrogen and oxygen atoms in total. The summed E-state index contributed by atoms with van der Waals surface area (Å²) in [7, 11) is 0. The first kappa shape index (κ1) is 15.7. The van der Waals surface area contributed by atoms with Crippen molar-refractivity contribution in [3.63, 3.8) is 0 Å². The van der Waals surface area contributed by atoms with Crippen LogP contribution in [0.25, 0.3) is 0 Å². The van der Waals surface area contributed by atoms with E-state index in [1.807, 2.05) is 52.8 Å². The number of esters is 1. The monoisotopic (exact) mass is 263 g/mol. The van der Waals surface area contributed by atoms with Crippen LogP contribution in [0, 0.1) is 5.92 Å². The molecule has 0 amide bonds. The van der Waals surface area contributed by atoms with Crippen LogP contribution in [0.4, 0.5) is 0 Å². The quantitative estimate of drug-likeness (QED) is 0.829. The lowest BCUT2D eigenvalue weighted by molar-refractivity contribution is -0.160. The number of nitrogens with one attached hydrogen (secondary N) is 1. The van der Waals surface area contributed by atoms with Crippen molar-refractivity contribution in [3.05, 3.63) is 35.9 Å². The summed E-state index contributed by atoms with van der Waals surface area (Å²) >= 11 is 0. The molecule has 0 unspecified atom stereocenters. The highest BCUT2D eigenvalue weighted by Gasteiger charge is 2.25. The van der Waals surface area contributed by atoms with E-state index < -0.39 is 5.60 Å². The average molecular weight is 263 g/mol. The lowest BCUT2D eigenvalue weighted by Crippen LogP contribution is -2.39. The molecular formula is C16H25NO2. The maximum Gasteiger partial charge on any atom is 0.310 e. The minimum Gasteiger partial charge on any atom is -0.460 e. The fourth-order valence-corrected chi connectivity index (χ4v) is 1.65. The minimum atomic E-state index is -0.426. The van der Waals surface area contributed by atoms with Gasteiger partial charge in [-0.15, -0.1) is 0 Å². The Balaban J connectivity index is 2.44. The van der Waals surface area contributed by atoms with Gasteiger partial charge in [-0.2, -0.15) is 0 Å². The molecule has 3 heteroatoms. The molecule has 106 valence electrons. The van der Waals surface area contributed by atoms with Crippen LogP contribution in [-0.2, 0) is 16.1 Å². The normalized spacial score (nSPS) is 14.8. The van der Waals surface area contributed by atoms with Crippen molar-refractivity contribution in [2.75, 3.05) is 0 Å². The highest BCUT2D eigenvalue weighted by Crippen LogP contribution is 2.14. The molecule has 0 saturated heterocycles. The Morgan fingerprint density at radius 1 is 1.21 bits per heavy atom. The fraction of sp³-hybridized carbons (Fsp3) is 0.562. The first-order chi connectivity index (χ1) is 8.79. The molecule has 0 bridgehead atoms. The number of ether oxygens (including phenoxy) is 1. The molecule has 1 aromatic carbocycles. The van der Waals surface area contributed by atoms with Crippen LogP contribution in [0.3, 0.4) is 0 Å². The summed E-state index contributed by atoms with van der Waals surface area (Å²) in [6.07, 6.45) is 0. The zero-order valence-electron chi connectivity index (χ0n) is 12.6. The predicted octanol–water partition coefficient (Wildman–Crippen LogP) is 3.14. The van der Waals surface area contributed by atoms with Gasteiger partial charge in [0.25, 0.3) is 0 Å². The number of hydrogen-bond acceptors (Lipinski definition) is 3. The molecule has 0 aliphatic rings. The third kappa shape index (κ3) is 5.88. The Labute approximate surface area is 116 Å². The highest BCUT2D eigenvalue weighted by atomic mass is 16.6. The maximum atomic E-state index is 11.9. The molecule has 0 aromatic heterocycles. The van der Waals surface area contributed by atoms with Gasteiger partial charge in [-0.1, -0.05) is 37.3 Å². The summed E-state index contributed by atoms with van der Waals surface area (Å²) in [6.45, 7) is 10.3. The molecule has 0 aliphatic heterocycles.